The molecular formula is C16H24N2O2. The molecule has 0 spiro atoms. The number of carbonyl (C=O) groups excluding carboxylic acids is 1. The fourth-order valence-electron chi connectivity index (χ4n) is 2.63. The molecule has 4 nitrogen and oxygen atoms in total. The van der Waals surface area contributed by atoms with Gasteiger partial charge in [0.05, 0.1) is 18.8 Å². The lowest BCUT2D eigenvalue weighted by Gasteiger charge is -2.22. The molecule has 3 N–H and O–H groups in total. The summed E-state index contributed by atoms with van der Waals surface area (Å²) in [6.07, 6.45) is 3.59. The van der Waals surface area contributed by atoms with Crippen LogP contribution in [0.5, 0.6) is 0 Å². The maximum Gasteiger partial charge on any atom is 0.221 e. The van der Waals surface area contributed by atoms with Crippen molar-refractivity contribution in [1.82, 2.24) is 5.32 Å². The van der Waals surface area contributed by atoms with Crippen molar-refractivity contribution in [2.24, 2.45) is 5.73 Å². The molecule has 1 fully saturated rings. The molecule has 0 bridgehead atoms. The Kier molecular flexibility index (Phi) is 5.56. The van der Waals surface area contributed by atoms with Crippen LogP contribution in [0.3, 0.4) is 0 Å². The van der Waals surface area contributed by atoms with Gasteiger partial charge in [0, 0.05) is 12.5 Å². The molecule has 1 aromatic rings. The number of amides is 1. The van der Waals surface area contributed by atoms with Gasteiger partial charge in [-0.25, -0.2) is 0 Å². The molecule has 0 aromatic heterocycles. The fraction of sp³-hybridized carbons (Fsp3) is 0.562. The topological polar surface area (TPSA) is 64.4 Å². The van der Waals surface area contributed by atoms with Gasteiger partial charge in [0.1, 0.15) is 0 Å². The van der Waals surface area contributed by atoms with Crippen molar-refractivity contribution in [2.45, 2.75) is 57.4 Å². The second-order valence-corrected chi connectivity index (χ2v) is 5.62. The van der Waals surface area contributed by atoms with Crippen LogP contribution >= 0.6 is 0 Å². The monoisotopic (exact) mass is 276 g/mol. The zero-order chi connectivity index (χ0) is 14.4. The molecule has 0 aliphatic heterocycles. The Balaban J connectivity index is 1.80. The number of hydrogen-bond donors (Lipinski definition) is 2. The highest BCUT2D eigenvalue weighted by molar-refractivity contribution is 5.76. The molecule has 3 atom stereocenters. The average Bonchev–Trinajstić information content (AvgIpc) is 2.84. The first-order valence-electron chi connectivity index (χ1n) is 7.35. The predicted octanol–water partition coefficient (Wildman–Crippen LogP) is 1.98. The molecular weight excluding hydrogens is 252 g/mol. The van der Waals surface area contributed by atoms with Crippen LogP contribution in [0.2, 0.25) is 0 Å². The molecule has 1 aromatic carbocycles. The molecule has 1 saturated carbocycles. The normalized spacial score (nSPS) is 23.5. The van der Waals surface area contributed by atoms with E-state index in [1.807, 2.05) is 25.1 Å². The average molecular weight is 276 g/mol. The summed E-state index contributed by atoms with van der Waals surface area (Å²) < 4.78 is 5.96. The zero-order valence-electron chi connectivity index (χ0n) is 12.0. The van der Waals surface area contributed by atoms with Gasteiger partial charge in [0.25, 0.3) is 0 Å². The van der Waals surface area contributed by atoms with Crippen molar-refractivity contribution < 1.29 is 9.53 Å². The maximum atomic E-state index is 11.8. The zero-order valence-corrected chi connectivity index (χ0v) is 12.0. The minimum absolute atomic E-state index is 0.0280. The molecule has 0 radical (unpaired) electrons. The summed E-state index contributed by atoms with van der Waals surface area (Å²) >= 11 is 0. The Hall–Kier alpha value is -1.39. The summed E-state index contributed by atoms with van der Waals surface area (Å²) in [6.45, 7) is 2.45. The lowest BCUT2D eigenvalue weighted by Crippen LogP contribution is -2.42. The van der Waals surface area contributed by atoms with E-state index < -0.39 is 0 Å². The van der Waals surface area contributed by atoms with E-state index in [-0.39, 0.29) is 24.1 Å². The van der Waals surface area contributed by atoms with E-state index in [1.54, 1.807) is 0 Å². The van der Waals surface area contributed by atoms with E-state index in [4.69, 9.17) is 10.5 Å². The van der Waals surface area contributed by atoms with Crippen LogP contribution in [-0.4, -0.2) is 24.1 Å². The Morgan fingerprint density at radius 1 is 1.40 bits per heavy atom. The van der Waals surface area contributed by atoms with Crippen LogP contribution in [-0.2, 0) is 16.1 Å². The molecule has 1 aliphatic carbocycles. The van der Waals surface area contributed by atoms with E-state index in [0.717, 1.165) is 19.3 Å². The Labute approximate surface area is 120 Å². The number of benzene rings is 1. The molecule has 2 rings (SSSR count). The van der Waals surface area contributed by atoms with Crippen molar-refractivity contribution in [3.8, 4) is 0 Å². The summed E-state index contributed by atoms with van der Waals surface area (Å²) in [5.74, 6) is 0.0280. The number of ether oxygens (including phenoxy) is 1. The summed E-state index contributed by atoms with van der Waals surface area (Å²) in [4.78, 5) is 11.8. The first-order chi connectivity index (χ1) is 9.65. The standard InChI is InChI=1S/C16H24N2O2/c1-12(17)10-16(19)18-14-8-5-9-15(14)20-11-13-6-3-2-4-7-13/h2-4,6-7,12,14-15H,5,8-11,17H2,1H3,(H,18,19). The highest BCUT2D eigenvalue weighted by atomic mass is 16.5. The Morgan fingerprint density at radius 2 is 2.15 bits per heavy atom. The summed E-state index contributed by atoms with van der Waals surface area (Å²) in [6, 6.07) is 10.2. The quantitative estimate of drug-likeness (QED) is 0.835. The van der Waals surface area contributed by atoms with Gasteiger partial charge in [-0.1, -0.05) is 30.3 Å². The van der Waals surface area contributed by atoms with E-state index in [1.165, 1.54) is 5.56 Å². The van der Waals surface area contributed by atoms with Crippen molar-refractivity contribution in [3.05, 3.63) is 35.9 Å². The molecule has 0 heterocycles. The molecule has 4 heteroatoms. The second-order valence-electron chi connectivity index (χ2n) is 5.62. The van der Waals surface area contributed by atoms with Gasteiger partial charge in [0.15, 0.2) is 0 Å². The lowest BCUT2D eigenvalue weighted by molar-refractivity contribution is -0.123. The molecule has 110 valence electrons. The Bertz CT molecular complexity index is 420. The van der Waals surface area contributed by atoms with E-state index >= 15 is 0 Å². The molecule has 3 unspecified atom stereocenters. The minimum Gasteiger partial charge on any atom is -0.371 e. The third-order valence-electron chi connectivity index (χ3n) is 3.61. The highest BCUT2D eigenvalue weighted by Gasteiger charge is 2.29. The van der Waals surface area contributed by atoms with Crippen LogP contribution in [0.1, 0.15) is 38.2 Å². The highest BCUT2D eigenvalue weighted by Crippen LogP contribution is 2.23. The van der Waals surface area contributed by atoms with E-state index in [0.29, 0.717) is 13.0 Å². The first-order valence-corrected chi connectivity index (χ1v) is 7.35. The van der Waals surface area contributed by atoms with Crippen molar-refractivity contribution in [2.75, 3.05) is 0 Å². The first kappa shape index (κ1) is 15.0. The second kappa shape index (κ2) is 7.41. The molecule has 0 saturated heterocycles. The van der Waals surface area contributed by atoms with Gasteiger partial charge in [-0.2, -0.15) is 0 Å². The lowest BCUT2D eigenvalue weighted by atomic mass is 10.1. The van der Waals surface area contributed by atoms with Gasteiger partial charge in [-0.05, 0) is 31.7 Å². The van der Waals surface area contributed by atoms with E-state index in [9.17, 15) is 4.79 Å². The maximum absolute atomic E-state index is 11.8. The number of rotatable bonds is 6. The van der Waals surface area contributed by atoms with Crippen LogP contribution in [0.25, 0.3) is 0 Å². The van der Waals surface area contributed by atoms with Crippen molar-refractivity contribution >= 4 is 5.91 Å². The largest absolute Gasteiger partial charge is 0.371 e. The van der Waals surface area contributed by atoms with Gasteiger partial charge in [-0.15, -0.1) is 0 Å². The molecule has 1 amide bonds. The number of nitrogens with two attached hydrogens (primary N) is 1. The van der Waals surface area contributed by atoms with Crippen LogP contribution in [0, 0.1) is 0 Å². The van der Waals surface area contributed by atoms with Crippen molar-refractivity contribution in [3.63, 3.8) is 0 Å². The summed E-state index contributed by atoms with van der Waals surface area (Å²) in [5, 5.41) is 3.05. The van der Waals surface area contributed by atoms with Gasteiger partial charge >= 0.3 is 0 Å². The number of nitrogens with one attached hydrogen (secondary N) is 1. The SMILES string of the molecule is CC(N)CC(=O)NC1CCCC1OCc1ccccc1. The van der Waals surface area contributed by atoms with Crippen LogP contribution in [0.4, 0.5) is 0 Å². The molecule has 20 heavy (non-hydrogen) atoms. The minimum atomic E-state index is -0.0971. The fourth-order valence-corrected chi connectivity index (χ4v) is 2.63. The van der Waals surface area contributed by atoms with E-state index in [2.05, 4.69) is 17.4 Å². The smallest absolute Gasteiger partial charge is 0.221 e. The summed E-state index contributed by atoms with van der Waals surface area (Å²) in [5.41, 5.74) is 6.81. The van der Waals surface area contributed by atoms with Crippen molar-refractivity contribution in [1.29, 1.82) is 0 Å². The van der Waals surface area contributed by atoms with Gasteiger partial charge in [0.2, 0.25) is 5.91 Å². The summed E-state index contributed by atoms with van der Waals surface area (Å²) in [7, 11) is 0. The predicted molar refractivity (Wildman–Crippen MR) is 79.1 cm³/mol. The third kappa shape index (κ3) is 4.62. The number of hydrogen-bond acceptors (Lipinski definition) is 3. The van der Waals surface area contributed by atoms with Crippen LogP contribution < -0.4 is 11.1 Å². The van der Waals surface area contributed by atoms with Gasteiger partial charge < -0.3 is 15.8 Å². The number of carbonyl (C=O) groups is 1. The molecule has 1 aliphatic rings. The van der Waals surface area contributed by atoms with Gasteiger partial charge in [-0.3, -0.25) is 4.79 Å². The van der Waals surface area contributed by atoms with Crippen LogP contribution in [0.15, 0.2) is 30.3 Å². The Morgan fingerprint density at radius 3 is 2.85 bits per heavy atom. The third-order valence-corrected chi connectivity index (χ3v) is 3.61.